The summed E-state index contributed by atoms with van der Waals surface area (Å²) < 4.78 is 5.28. The Bertz CT molecular complexity index is 304. The van der Waals surface area contributed by atoms with Crippen LogP contribution in [-0.2, 0) is 9.53 Å². The highest BCUT2D eigenvalue weighted by Gasteiger charge is 2.04. The van der Waals surface area contributed by atoms with Crippen LogP contribution in [0.1, 0.15) is 0 Å². The van der Waals surface area contributed by atoms with E-state index >= 15 is 0 Å². The van der Waals surface area contributed by atoms with Gasteiger partial charge in [-0.2, -0.15) is 0 Å². The molecule has 1 N–H and O–H groups in total. The van der Waals surface area contributed by atoms with E-state index in [0.29, 0.717) is 10.3 Å². The smallest absolute Gasteiger partial charge is 0.250 e. The summed E-state index contributed by atoms with van der Waals surface area (Å²) in [6.45, 7) is 0.0430. The molecule has 1 amide bonds. The zero-order valence-corrected chi connectivity index (χ0v) is 8.67. The number of nitrogens with zero attached hydrogens (tertiary/aromatic N) is 1. The first-order valence-corrected chi connectivity index (χ1v) is 4.42. The summed E-state index contributed by atoms with van der Waals surface area (Å²) in [5.74, 6) is -0.198. The number of methoxy groups -OCH3 is 1. The molecular formula is C8H9BrN2O2. The third kappa shape index (κ3) is 3.12. The molecule has 0 unspecified atom stereocenters. The number of anilines is 1. The Hall–Kier alpha value is -0.940. The van der Waals surface area contributed by atoms with Gasteiger partial charge in [0.2, 0.25) is 5.91 Å². The van der Waals surface area contributed by atoms with Gasteiger partial charge in [0, 0.05) is 13.3 Å². The standard InChI is InChI=1S/C8H9BrN2O2/c1-13-5-7(12)11-6-3-2-4-10-8(6)9/h2-4H,5H2,1H3,(H,11,12). The predicted octanol–water partition coefficient (Wildman–Crippen LogP) is 1.43. The first-order chi connectivity index (χ1) is 6.24. The third-order valence-corrected chi connectivity index (χ3v) is 1.94. The number of halogens is 1. The van der Waals surface area contributed by atoms with E-state index in [1.807, 2.05) is 0 Å². The lowest BCUT2D eigenvalue weighted by Gasteiger charge is -2.04. The number of carbonyl (C=O) groups excluding carboxylic acids is 1. The molecule has 0 aliphatic heterocycles. The summed E-state index contributed by atoms with van der Waals surface area (Å²) in [7, 11) is 1.47. The molecule has 0 radical (unpaired) electrons. The molecule has 0 aliphatic rings. The zero-order chi connectivity index (χ0) is 9.68. The van der Waals surface area contributed by atoms with Crippen molar-refractivity contribution in [3.63, 3.8) is 0 Å². The summed E-state index contributed by atoms with van der Waals surface area (Å²) in [5.41, 5.74) is 0.643. The van der Waals surface area contributed by atoms with E-state index in [0.717, 1.165) is 0 Å². The van der Waals surface area contributed by atoms with Crippen LogP contribution in [0.2, 0.25) is 0 Å². The van der Waals surface area contributed by atoms with Crippen LogP contribution in [0.15, 0.2) is 22.9 Å². The second kappa shape index (κ2) is 4.94. The number of nitrogens with one attached hydrogen (secondary N) is 1. The Morgan fingerprint density at radius 2 is 2.54 bits per heavy atom. The molecule has 1 aromatic heterocycles. The van der Waals surface area contributed by atoms with E-state index in [9.17, 15) is 4.79 Å². The van der Waals surface area contributed by atoms with Crippen LogP contribution < -0.4 is 5.32 Å². The lowest BCUT2D eigenvalue weighted by molar-refractivity contribution is -0.119. The summed E-state index contributed by atoms with van der Waals surface area (Å²) in [6.07, 6.45) is 1.63. The number of ether oxygens (including phenoxy) is 1. The molecule has 1 heterocycles. The fourth-order valence-corrected chi connectivity index (χ4v) is 1.15. The molecule has 0 fully saturated rings. The molecule has 5 heteroatoms. The summed E-state index contributed by atoms with van der Waals surface area (Å²) in [5, 5.41) is 2.64. The number of rotatable bonds is 3. The van der Waals surface area contributed by atoms with Gasteiger partial charge in [0.1, 0.15) is 11.2 Å². The molecular weight excluding hydrogens is 236 g/mol. The number of hydrogen-bond acceptors (Lipinski definition) is 3. The van der Waals surface area contributed by atoms with Crippen molar-refractivity contribution in [2.75, 3.05) is 19.0 Å². The molecule has 0 spiro atoms. The molecule has 0 saturated heterocycles. The van der Waals surface area contributed by atoms with Crippen molar-refractivity contribution in [1.82, 2.24) is 4.98 Å². The highest BCUT2D eigenvalue weighted by atomic mass is 79.9. The molecule has 0 aromatic carbocycles. The number of aromatic nitrogens is 1. The van der Waals surface area contributed by atoms with Crippen molar-refractivity contribution in [3.8, 4) is 0 Å². The molecule has 0 atom stereocenters. The molecule has 4 nitrogen and oxygen atoms in total. The number of carbonyl (C=O) groups is 1. The number of hydrogen-bond donors (Lipinski definition) is 1. The quantitative estimate of drug-likeness (QED) is 0.819. The maximum atomic E-state index is 11.1. The van der Waals surface area contributed by atoms with Crippen molar-refractivity contribution >= 4 is 27.5 Å². The SMILES string of the molecule is COCC(=O)Nc1cccnc1Br. The van der Waals surface area contributed by atoms with E-state index in [2.05, 4.69) is 31.0 Å². The van der Waals surface area contributed by atoms with Crippen LogP contribution in [0, 0.1) is 0 Å². The van der Waals surface area contributed by atoms with Gasteiger partial charge in [-0.15, -0.1) is 0 Å². The van der Waals surface area contributed by atoms with E-state index in [1.165, 1.54) is 7.11 Å². The molecule has 1 rings (SSSR count). The largest absolute Gasteiger partial charge is 0.375 e. The molecule has 13 heavy (non-hydrogen) atoms. The van der Waals surface area contributed by atoms with Gasteiger partial charge < -0.3 is 10.1 Å². The highest BCUT2D eigenvalue weighted by molar-refractivity contribution is 9.10. The van der Waals surface area contributed by atoms with Gasteiger partial charge in [-0.05, 0) is 28.1 Å². The Balaban J connectivity index is 2.63. The van der Waals surface area contributed by atoms with Crippen molar-refractivity contribution in [3.05, 3.63) is 22.9 Å². The minimum Gasteiger partial charge on any atom is -0.375 e. The van der Waals surface area contributed by atoms with Crippen LogP contribution in [0.25, 0.3) is 0 Å². The van der Waals surface area contributed by atoms with Crippen molar-refractivity contribution in [2.45, 2.75) is 0 Å². The van der Waals surface area contributed by atoms with Gasteiger partial charge in [-0.25, -0.2) is 4.98 Å². The second-order valence-electron chi connectivity index (χ2n) is 2.32. The second-order valence-corrected chi connectivity index (χ2v) is 3.07. The molecule has 70 valence electrons. The van der Waals surface area contributed by atoms with Gasteiger partial charge in [-0.1, -0.05) is 0 Å². The third-order valence-electron chi connectivity index (χ3n) is 1.31. The Kier molecular flexibility index (Phi) is 3.85. The average Bonchev–Trinajstić information content (AvgIpc) is 2.09. The lowest BCUT2D eigenvalue weighted by Crippen LogP contribution is -2.17. The molecule has 0 aliphatic carbocycles. The minimum atomic E-state index is -0.198. The van der Waals surface area contributed by atoms with E-state index < -0.39 is 0 Å². The number of pyridine rings is 1. The Labute approximate surface area is 84.4 Å². The zero-order valence-electron chi connectivity index (χ0n) is 7.08. The maximum absolute atomic E-state index is 11.1. The topological polar surface area (TPSA) is 51.2 Å². The Morgan fingerprint density at radius 3 is 3.15 bits per heavy atom. The maximum Gasteiger partial charge on any atom is 0.250 e. The normalized spacial score (nSPS) is 9.69. The molecule has 0 saturated carbocycles. The van der Waals surface area contributed by atoms with Crippen molar-refractivity contribution in [1.29, 1.82) is 0 Å². The molecule has 0 bridgehead atoms. The van der Waals surface area contributed by atoms with Crippen LogP contribution in [0.4, 0.5) is 5.69 Å². The fraction of sp³-hybridized carbons (Fsp3) is 0.250. The van der Waals surface area contributed by atoms with Crippen LogP contribution in [0.3, 0.4) is 0 Å². The van der Waals surface area contributed by atoms with Crippen LogP contribution in [0.5, 0.6) is 0 Å². The van der Waals surface area contributed by atoms with Gasteiger partial charge in [0.25, 0.3) is 0 Å². The fourth-order valence-electron chi connectivity index (χ4n) is 0.797. The van der Waals surface area contributed by atoms with Crippen molar-refractivity contribution in [2.24, 2.45) is 0 Å². The monoisotopic (exact) mass is 244 g/mol. The van der Waals surface area contributed by atoms with Crippen molar-refractivity contribution < 1.29 is 9.53 Å². The summed E-state index contributed by atoms with van der Waals surface area (Å²) in [4.78, 5) is 15.0. The van der Waals surface area contributed by atoms with Gasteiger partial charge in [0.05, 0.1) is 5.69 Å². The number of amides is 1. The van der Waals surface area contributed by atoms with Crippen LogP contribution >= 0.6 is 15.9 Å². The average molecular weight is 245 g/mol. The van der Waals surface area contributed by atoms with Gasteiger partial charge >= 0.3 is 0 Å². The lowest BCUT2D eigenvalue weighted by atomic mass is 10.4. The van der Waals surface area contributed by atoms with E-state index in [-0.39, 0.29) is 12.5 Å². The van der Waals surface area contributed by atoms with Gasteiger partial charge in [0.15, 0.2) is 0 Å². The van der Waals surface area contributed by atoms with Gasteiger partial charge in [-0.3, -0.25) is 4.79 Å². The first kappa shape index (κ1) is 10.1. The minimum absolute atomic E-state index is 0.0430. The summed E-state index contributed by atoms with van der Waals surface area (Å²) in [6, 6.07) is 3.50. The predicted molar refractivity (Wildman–Crippen MR) is 52.4 cm³/mol. The van der Waals surface area contributed by atoms with E-state index in [1.54, 1.807) is 18.3 Å². The van der Waals surface area contributed by atoms with Crippen LogP contribution in [-0.4, -0.2) is 24.6 Å². The highest BCUT2D eigenvalue weighted by Crippen LogP contribution is 2.17. The first-order valence-electron chi connectivity index (χ1n) is 3.63. The van der Waals surface area contributed by atoms with E-state index in [4.69, 9.17) is 0 Å². The summed E-state index contributed by atoms with van der Waals surface area (Å²) >= 11 is 3.21. The Morgan fingerprint density at radius 1 is 1.77 bits per heavy atom. The molecule has 1 aromatic rings.